The predicted molar refractivity (Wildman–Crippen MR) is 119 cm³/mol. The van der Waals surface area contributed by atoms with Gasteiger partial charge in [0.2, 0.25) is 5.71 Å². The van der Waals surface area contributed by atoms with Crippen LogP contribution in [0.25, 0.3) is 44.5 Å². The molecular weight excluding hydrogens is 356 g/mol. The molecule has 0 radical (unpaired) electrons. The minimum absolute atomic E-state index is 0.207. The summed E-state index contributed by atoms with van der Waals surface area (Å²) in [6.45, 7) is 1.29. The second kappa shape index (κ2) is 6.85. The quantitative estimate of drug-likeness (QED) is 0.333. The normalized spacial score (nSPS) is 14.4. The monoisotopic (exact) mass is 382 g/mol. The van der Waals surface area contributed by atoms with Crippen molar-refractivity contribution in [3.8, 4) is 22.4 Å². The molecule has 5 rings (SSSR count). The summed E-state index contributed by atoms with van der Waals surface area (Å²) in [5.41, 5.74) is 4.74. The van der Waals surface area contributed by atoms with E-state index in [0.29, 0.717) is 28.2 Å². The summed E-state index contributed by atoms with van der Waals surface area (Å²) in [5, 5.41) is 1.76. The maximum Gasteiger partial charge on any atom is 0.227 e. The number of aromatic nitrogens is 2. The lowest BCUT2D eigenvalue weighted by atomic mass is 9.99. The first-order valence-corrected chi connectivity index (χ1v) is 9.52. The first-order chi connectivity index (χ1) is 15.6. The van der Waals surface area contributed by atoms with Crippen molar-refractivity contribution in [1.29, 1.82) is 0 Å². The summed E-state index contributed by atoms with van der Waals surface area (Å²) < 4.78 is 38.3. The Morgan fingerprint density at radius 1 is 0.931 bits per heavy atom. The van der Waals surface area contributed by atoms with E-state index in [-0.39, 0.29) is 5.56 Å². The highest BCUT2D eigenvalue weighted by Gasteiger charge is 2.16. The number of nitrogens with zero attached hydrogens (tertiary/aromatic N) is 2. The molecule has 0 fully saturated rings. The number of furan rings is 1. The third kappa shape index (κ3) is 2.99. The SMILES string of the molecule is [2H]C([2H])([2H])c1cnc(-c2cccc3c2oc2nc(C([2H])(C)C)ccc23)cc1-c1ccccc1. The topological polar surface area (TPSA) is 38.9 Å². The average Bonchev–Trinajstić information content (AvgIpc) is 3.16. The van der Waals surface area contributed by atoms with E-state index < -0.39 is 12.7 Å². The molecule has 29 heavy (non-hydrogen) atoms. The minimum Gasteiger partial charge on any atom is -0.437 e. The average molecular weight is 382 g/mol. The molecule has 0 atom stereocenters. The fourth-order valence-electron chi connectivity index (χ4n) is 3.62. The predicted octanol–water partition coefficient (Wildman–Crippen LogP) is 7.14. The van der Waals surface area contributed by atoms with E-state index in [1.165, 1.54) is 6.20 Å². The van der Waals surface area contributed by atoms with Crippen LogP contribution in [0, 0.1) is 6.85 Å². The van der Waals surface area contributed by atoms with Crippen LogP contribution < -0.4 is 0 Å². The highest BCUT2D eigenvalue weighted by molar-refractivity contribution is 6.08. The number of para-hydroxylation sites is 1. The van der Waals surface area contributed by atoms with Gasteiger partial charge in [0.25, 0.3) is 0 Å². The van der Waals surface area contributed by atoms with Gasteiger partial charge < -0.3 is 4.42 Å². The molecule has 0 saturated carbocycles. The van der Waals surface area contributed by atoms with E-state index in [1.807, 2.05) is 66.7 Å². The van der Waals surface area contributed by atoms with Crippen molar-refractivity contribution in [2.24, 2.45) is 0 Å². The maximum atomic E-state index is 8.28. The zero-order valence-electron chi connectivity index (χ0n) is 20.2. The lowest BCUT2D eigenvalue weighted by Gasteiger charge is -2.09. The minimum atomic E-state index is -2.29. The second-order valence-electron chi connectivity index (χ2n) is 7.31. The van der Waals surface area contributed by atoms with Crippen molar-refractivity contribution in [2.45, 2.75) is 26.6 Å². The number of pyridine rings is 2. The molecule has 142 valence electrons. The Bertz CT molecular complexity index is 1480. The summed E-state index contributed by atoms with van der Waals surface area (Å²) in [5.74, 6) is -0.840. The first-order valence-electron chi connectivity index (χ1n) is 11.5. The molecule has 3 heterocycles. The molecule has 0 N–H and O–H groups in total. The number of hydrogen-bond acceptors (Lipinski definition) is 3. The molecule has 3 aromatic heterocycles. The lowest BCUT2D eigenvalue weighted by Crippen LogP contribution is -1.90. The Morgan fingerprint density at radius 2 is 1.79 bits per heavy atom. The van der Waals surface area contributed by atoms with Gasteiger partial charge in [0.15, 0.2) is 0 Å². The van der Waals surface area contributed by atoms with E-state index in [9.17, 15) is 0 Å². The van der Waals surface area contributed by atoms with Gasteiger partial charge in [-0.3, -0.25) is 4.98 Å². The van der Waals surface area contributed by atoms with Crippen molar-refractivity contribution in [3.05, 3.63) is 84.2 Å². The van der Waals surface area contributed by atoms with Gasteiger partial charge in [-0.1, -0.05) is 56.3 Å². The number of fused-ring (bicyclic) bond motifs is 3. The largest absolute Gasteiger partial charge is 0.437 e. The van der Waals surface area contributed by atoms with Crippen molar-refractivity contribution in [1.82, 2.24) is 9.97 Å². The van der Waals surface area contributed by atoms with E-state index in [1.54, 1.807) is 13.8 Å². The van der Waals surface area contributed by atoms with Crippen molar-refractivity contribution in [3.63, 3.8) is 0 Å². The van der Waals surface area contributed by atoms with Gasteiger partial charge >= 0.3 is 0 Å². The van der Waals surface area contributed by atoms with Crippen molar-refractivity contribution >= 4 is 22.1 Å². The highest BCUT2D eigenvalue weighted by Crippen LogP contribution is 2.36. The van der Waals surface area contributed by atoms with E-state index in [2.05, 4.69) is 9.97 Å². The van der Waals surface area contributed by atoms with Crippen LogP contribution in [0.2, 0.25) is 0 Å². The van der Waals surface area contributed by atoms with Gasteiger partial charge in [0.1, 0.15) is 5.58 Å². The Labute approximate surface area is 175 Å². The van der Waals surface area contributed by atoms with E-state index in [0.717, 1.165) is 21.9 Å². The van der Waals surface area contributed by atoms with E-state index in [4.69, 9.17) is 9.90 Å². The molecule has 0 amide bonds. The van der Waals surface area contributed by atoms with E-state index >= 15 is 0 Å². The number of benzene rings is 2. The number of hydrogen-bond donors (Lipinski definition) is 0. The molecular formula is C26H22N2O. The molecule has 0 aliphatic carbocycles. The summed E-state index contributed by atoms with van der Waals surface area (Å²) in [6.07, 6.45) is 1.44. The third-order valence-corrected chi connectivity index (χ3v) is 5.14. The van der Waals surface area contributed by atoms with Gasteiger partial charge in [-0.2, -0.15) is 0 Å². The fourth-order valence-corrected chi connectivity index (χ4v) is 3.62. The van der Waals surface area contributed by atoms with Gasteiger partial charge in [-0.25, -0.2) is 4.98 Å². The summed E-state index contributed by atoms with van der Waals surface area (Å²) in [6, 6.07) is 20.9. The van der Waals surface area contributed by atoms with Crippen LogP contribution in [0.1, 0.15) is 36.5 Å². The molecule has 0 aliphatic rings. The highest BCUT2D eigenvalue weighted by atomic mass is 16.3. The van der Waals surface area contributed by atoms with Crippen LogP contribution in [-0.4, -0.2) is 9.97 Å². The second-order valence-corrected chi connectivity index (χ2v) is 7.31. The molecule has 0 aliphatic heterocycles. The lowest BCUT2D eigenvalue weighted by molar-refractivity contribution is 0.648. The molecule has 3 heteroatoms. The van der Waals surface area contributed by atoms with Crippen LogP contribution in [0.15, 0.2) is 77.3 Å². The molecule has 0 saturated heterocycles. The van der Waals surface area contributed by atoms with Crippen molar-refractivity contribution < 1.29 is 9.90 Å². The molecule has 5 aromatic rings. The molecule has 2 aromatic carbocycles. The van der Waals surface area contributed by atoms with Crippen LogP contribution in [0.3, 0.4) is 0 Å². The third-order valence-electron chi connectivity index (χ3n) is 5.14. The van der Waals surface area contributed by atoms with Crippen LogP contribution in [0.4, 0.5) is 0 Å². The zero-order valence-corrected chi connectivity index (χ0v) is 16.2. The van der Waals surface area contributed by atoms with Gasteiger partial charge in [-0.05, 0) is 53.7 Å². The number of rotatable bonds is 3. The van der Waals surface area contributed by atoms with Crippen LogP contribution >= 0.6 is 0 Å². The Kier molecular flexibility index (Phi) is 3.23. The first kappa shape index (κ1) is 13.7. The van der Waals surface area contributed by atoms with Gasteiger partial charge in [-0.15, -0.1) is 0 Å². The van der Waals surface area contributed by atoms with Crippen LogP contribution in [-0.2, 0) is 0 Å². The standard InChI is InChI=1S/C26H22N2O/c1-16(2)23-13-12-20-19-10-7-11-21(25(19)29-26(20)28-23)24-14-22(17(3)15-27-24)18-8-5-4-6-9-18/h4-16H,1-3H3/i3D3,16D. The smallest absolute Gasteiger partial charge is 0.227 e. The molecule has 3 nitrogen and oxygen atoms in total. The molecule has 0 unspecified atom stereocenters. The molecule has 0 spiro atoms. The number of aryl methyl sites for hydroxylation is 1. The zero-order chi connectivity index (χ0) is 23.4. The Balaban J connectivity index is 1.74. The summed E-state index contributed by atoms with van der Waals surface area (Å²) in [4.78, 5) is 9.09. The molecule has 0 bridgehead atoms. The van der Waals surface area contributed by atoms with Crippen LogP contribution in [0.5, 0.6) is 0 Å². The van der Waals surface area contributed by atoms with Gasteiger partial charge in [0, 0.05) is 33.7 Å². The maximum absolute atomic E-state index is 8.28. The Hall–Kier alpha value is -3.46. The van der Waals surface area contributed by atoms with Gasteiger partial charge in [0.05, 0.1) is 5.69 Å². The summed E-state index contributed by atoms with van der Waals surface area (Å²) >= 11 is 0. The summed E-state index contributed by atoms with van der Waals surface area (Å²) in [7, 11) is 0. The Morgan fingerprint density at radius 3 is 2.59 bits per heavy atom. The van der Waals surface area contributed by atoms with Crippen molar-refractivity contribution in [2.75, 3.05) is 0 Å². The fraction of sp³-hybridized carbons (Fsp3) is 0.154.